The molecule has 0 fully saturated rings. The number of ether oxygens (including phenoxy) is 1. The summed E-state index contributed by atoms with van der Waals surface area (Å²) in [5.74, 6) is -0.0785. The van der Waals surface area contributed by atoms with Gasteiger partial charge >= 0.3 is 0 Å². The van der Waals surface area contributed by atoms with Crippen molar-refractivity contribution in [3.63, 3.8) is 0 Å². The van der Waals surface area contributed by atoms with Gasteiger partial charge in [-0.25, -0.2) is 0 Å². The lowest BCUT2D eigenvalue weighted by molar-refractivity contribution is 0.0988. The third kappa shape index (κ3) is 3.16. The summed E-state index contributed by atoms with van der Waals surface area (Å²) in [6.45, 7) is 1.29. The average Bonchev–Trinajstić information content (AvgIpc) is 2.98. The molecule has 0 spiro atoms. The quantitative estimate of drug-likeness (QED) is 0.494. The van der Waals surface area contributed by atoms with Crippen molar-refractivity contribution in [3.05, 3.63) is 71.9 Å². The van der Waals surface area contributed by atoms with Crippen molar-refractivity contribution in [1.82, 2.24) is 4.57 Å². The maximum Gasteiger partial charge on any atom is 0.187 e. The molecule has 4 heteroatoms. The first-order valence-electron chi connectivity index (χ1n) is 7.52. The Labute approximate surface area is 140 Å². The van der Waals surface area contributed by atoms with E-state index >= 15 is 0 Å². The molecular weight excluding hydrogens is 310 g/mol. The largest absolute Gasteiger partial charge is 0.383 e. The van der Waals surface area contributed by atoms with Gasteiger partial charge in [-0.15, -0.1) is 11.6 Å². The molecule has 0 N–H and O–H groups in total. The van der Waals surface area contributed by atoms with Crippen LogP contribution in [-0.4, -0.2) is 24.1 Å². The monoisotopic (exact) mass is 327 g/mol. The second-order valence-corrected chi connectivity index (χ2v) is 5.82. The van der Waals surface area contributed by atoms with Crippen molar-refractivity contribution in [2.45, 2.75) is 11.9 Å². The van der Waals surface area contributed by atoms with Crippen LogP contribution in [0.15, 0.2) is 60.8 Å². The number of ketones is 1. The molecule has 1 atom stereocenters. The molecule has 1 unspecified atom stereocenters. The van der Waals surface area contributed by atoms with Gasteiger partial charge in [-0.2, -0.15) is 0 Å². The van der Waals surface area contributed by atoms with Crippen LogP contribution in [-0.2, 0) is 11.3 Å². The standard InChI is InChI=1S/C19H18ClNO2/c1-23-12-11-21-13-16(15-9-5-6-10-17(15)21)19(22)18(20)14-7-3-2-4-8-14/h2-10,13,18H,11-12H2,1H3. The Balaban J connectivity index is 2.00. The molecule has 3 nitrogen and oxygen atoms in total. The number of aromatic nitrogens is 1. The molecule has 3 aromatic rings. The van der Waals surface area contributed by atoms with Crippen molar-refractivity contribution in [2.24, 2.45) is 0 Å². The van der Waals surface area contributed by atoms with Crippen LogP contribution in [0.5, 0.6) is 0 Å². The average molecular weight is 328 g/mol. The molecule has 23 heavy (non-hydrogen) atoms. The van der Waals surface area contributed by atoms with E-state index < -0.39 is 5.38 Å². The van der Waals surface area contributed by atoms with Crippen LogP contribution >= 0.6 is 11.6 Å². The van der Waals surface area contributed by atoms with Gasteiger partial charge in [0.15, 0.2) is 5.78 Å². The van der Waals surface area contributed by atoms with Crippen LogP contribution in [0, 0.1) is 0 Å². The molecule has 3 rings (SSSR count). The molecular formula is C19H18ClNO2. The van der Waals surface area contributed by atoms with Crippen LogP contribution in [0.4, 0.5) is 0 Å². The number of Topliss-reactive ketones (excluding diaryl/α,β-unsaturated/α-hetero) is 1. The predicted octanol–water partition coefficient (Wildman–Crippen LogP) is 4.45. The minimum Gasteiger partial charge on any atom is -0.383 e. The van der Waals surface area contributed by atoms with Crippen molar-refractivity contribution in [2.75, 3.05) is 13.7 Å². The first-order valence-corrected chi connectivity index (χ1v) is 7.96. The third-order valence-corrected chi connectivity index (χ3v) is 4.36. The lowest BCUT2D eigenvalue weighted by Crippen LogP contribution is -2.07. The Morgan fingerprint density at radius 3 is 2.57 bits per heavy atom. The van der Waals surface area contributed by atoms with Crippen molar-refractivity contribution < 1.29 is 9.53 Å². The first-order chi connectivity index (χ1) is 11.2. The van der Waals surface area contributed by atoms with Crippen LogP contribution in [0.1, 0.15) is 21.3 Å². The highest BCUT2D eigenvalue weighted by Gasteiger charge is 2.23. The Bertz CT molecular complexity index is 811. The molecule has 0 aliphatic heterocycles. The van der Waals surface area contributed by atoms with Crippen molar-refractivity contribution in [3.8, 4) is 0 Å². The van der Waals surface area contributed by atoms with Crippen LogP contribution in [0.2, 0.25) is 0 Å². The molecule has 1 heterocycles. The minimum absolute atomic E-state index is 0.0785. The molecule has 0 amide bonds. The van der Waals surface area contributed by atoms with E-state index in [-0.39, 0.29) is 5.78 Å². The van der Waals surface area contributed by atoms with Gasteiger partial charge in [-0.1, -0.05) is 48.5 Å². The summed E-state index contributed by atoms with van der Waals surface area (Å²) in [5, 5.41) is 0.244. The van der Waals surface area contributed by atoms with Gasteiger partial charge in [-0.3, -0.25) is 4.79 Å². The number of carbonyl (C=O) groups excluding carboxylic acids is 1. The molecule has 0 saturated heterocycles. The van der Waals surface area contributed by atoms with E-state index in [4.69, 9.17) is 16.3 Å². The van der Waals surface area contributed by atoms with Crippen molar-refractivity contribution >= 4 is 28.3 Å². The Kier molecular flexibility index (Phi) is 4.79. The highest BCUT2D eigenvalue weighted by Crippen LogP contribution is 2.30. The molecule has 0 saturated carbocycles. The fraction of sp³-hybridized carbons (Fsp3) is 0.211. The smallest absolute Gasteiger partial charge is 0.187 e. The molecule has 0 bridgehead atoms. The van der Waals surface area contributed by atoms with Crippen LogP contribution in [0.25, 0.3) is 10.9 Å². The topological polar surface area (TPSA) is 31.2 Å². The van der Waals surface area contributed by atoms with E-state index in [0.717, 1.165) is 16.5 Å². The van der Waals surface area contributed by atoms with Crippen LogP contribution < -0.4 is 0 Å². The number of methoxy groups -OCH3 is 1. The number of halogens is 1. The number of benzene rings is 2. The lowest BCUT2D eigenvalue weighted by Gasteiger charge is -2.08. The van der Waals surface area contributed by atoms with Crippen molar-refractivity contribution in [1.29, 1.82) is 0 Å². The number of rotatable bonds is 6. The Morgan fingerprint density at radius 1 is 1.13 bits per heavy atom. The maximum absolute atomic E-state index is 12.9. The number of fused-ring (bicyclic) bond motifs is 1. The van der Waals surface area contributed by atoms with E-state index in [1.54, 1.807) is 7.11 Å². The summed E-state index contributed by atoms with van der Waals surface area (Å²) in [5.41, 5.74) is 2.48. The predicted molar refractivity (Wildman–Crippen MR) is 93.2 cm³/mol. The number of carbonyl (C=O) groups is 1. The second-order valence-electron chi connectivity index (χ2n) is 5.38. The zero-order chi connectivity index (χ0) is 16.2. The van der Waals surface area contributed by atoms with E-state index in [9.17, 15) is 4.79 Å². The zero-order valence-electron chi connectivity index (χ0n) is 12.9. The van der Waals surface area contributed by atoms with Gasteiger partial charge in [0.2, 0.25) is 0 Å². The molecule has 0 aliphatic carbocycles. The SMILES string of the molecule is COCCn1cc(C(=O)C(Cl)c2ccccc2)c2ccccc21. The van der Waals surface area contributed by atoms with Gasteiger partial charge in [0.05, 0.1) is 6.61 Å². The summed E-state index contributed by atoms with van der Waals surface area (Å²) in [6.07, 6.45) is 1.88. The summed E-state index contributed by atoms with van der Waals surface area (Å²) >= 11 is 6.42. The number of hydrogen-bond donors (Lipinski definition) is 0. The summed E-state index contributed by atoms with van der Waals surface area (Å²) in [7, 11) is 1.67. The van der Waals surface area contributed by atoms with E-state index in [0.29, 0.717) is 18.7 Å². The Hall–Kier alpha value is -2.10. The molecule has 0 aliphatic rings. The minimum atomic E-state index is -0.683. The summed E-state index contributed by atoms with van der Waals surface area (Å²) < 4.78 is 7.19. The normalized spacial score (nSPS) is 12.4. The molecule has 0 radical (unpaired) electrons. The summed E-state index contributed by atoms with van der Waals surface area (Å²) in [4.78, 5) is 12.9. The maximum atomic E-state index is 12.9. The fourth-order valence-electron chi connectivity index (χ4n) is 2.73. The van der Waals surface area contributed by atoms with Crippen LogP contribution in [0.3, 0.4) is 0 Å². The number of hydrogen-bond acceptors (Lipinski definition) is 2. The van der Waals surface area contributed by atoms with E-state index in [1.165, 1.54) is 0 Å². The lowest BCUT2D eigenvalue weighted by atomic mass is 10.0. The second kappa shape index (κ2) is 6.99. The highest BCUT2D eigenvalue weighted by atomic mass is 35.5. The van der Waals surface area contributed by atoms with Gasteiger partial charge in [-0.05, 0) is 11.6 Å². The number of nitrogens with zero attached hydrogens (tertiary/aromatic N) is 1. The van der Waals surface area contributed by atoms with Gasteiger partial charge in [0.1, 0.15) is 5.38 Å². The van der Waals surface area contributed by atoms with E-state index in [2.05, 4.69) is 0 Å². The molecule has 1 aromatic heterocycles. The highest BCUT2D eigenvalue weighted by molar-refractivity contribution is 6.35. The van der Waals surface area contributed by atoms with Gasteiger partial charge in [0, 0.05) is 36.3 Å². The van der Waals surface area contributed by atoms with Gasteiger partial charge in [0.25, 0.3) is 0 Å². The Morgan fingerprint density at radius 2 is 1.83 bits per heavy atom. The molecule has 2 aromatic carbocycles. The number of alkyl halides is 1. The zero-order valence-corrected chi connectivity index (χ0v) is 13.7. The molecule has 118 valence electrons. The fourth-order valence-corrected chi connectivity index (χ4v) is 2.99. The first kappa shape index (κ1) is 15.8. The van der Waals surface area contributed by atoms with E-state index in [1.807, 2.05) is 65.4 Å². The third-order valence-electron chi connectivity index (χ3n) is 3.91. The van der Waals surface area contributed by atoms with Gasteiger partial charge < -0.3 is 9.30 Å². The summed E-state index contributed by atoms with van der Waals surface area (Å²) in [6, 6.07) is 17.3. The number of para-hydroxylation sites is 1.